The molecule has 0 aliphatic carbocycles. The van der Waals surface area contributed by atoms with Crippen molar-refractivity contribution in [1.29, 1.82) is 0 Å². The van der Waals surface area contributed by atoms with Gasteiger partial charge < -0.3 is 5.32 Å². The summed E-state index contributed by atoms with van der Waals surface area (Å²) in [5, 5.41) is 3.28. The maximum absolute atomic E-state index is 11.9. The van der Waals surface area contributed by atoms with Gasteiger partial charge >= 0.3 is 0 Å². The number of halogens is 1. The normalized spacial score (nSPS) is 14.9. The fourth-order valence-electron chi connectivity index (χ4n) is 1.60. The second-order valence-electron chi connectivity index (χ2n) is 4.04. The molecule has 0 saturated carbocycles. The number of amides is 2. The topological polar surface area (TPSA) is 49.4 Å². The number of anilines is 1. The predicted octanol–water partition coefficient (Wildman–Crippen LogP) is 2.45. The summed E-state index contributed by atoms with van der Waals surface area (Å²) >= 11 is 12.2. The lowest BCUT2D eigenvalue weighted by atomic mass is 10.2. The summed E-state index contributed by atoms with van der Waals surface area (Å²) in [4.78, 5) is 24.7. The van der Waals surface area contributed by atoms with Crippen molar-refractivity contribution in [2.75, 3.05) is 17.6 Å². The average molecular weight is 315 g/mol. The number of thioether (sulfide) groups is 1. The molecular weight excluding hydrogens is 304 g/mol. The Balaban J connectivity index is 2.03. The molecular formula is C12H11ClN2O2S2. The highest BCUT2D eigenvalue weighted by molar-refractivity contribution is 8.23. The summed E-state index contributed by atoms with van der Waals surface area (Å²) in [6.07, 6.45) is 0. The molecule has 2 amide bonds. The molecule has 1 aliphatic heterocycles. The summed E-state index contributed by atoms with van der Waals surface area (Å²) < 4.78 is 0.447. The van der Waals surface area contributed by atoms with Crippen molar-refractivity contribution in [3.05, 3.63) is 28.8 Å². The first-order chi connectivity index (χ1) is 8.97. The van der Waals surface area contributed by atoms with E-state index in [2.05, 4.69) is 5.32 Å². The minimum atomic E-state index is -0.288. The van der Waals surface area contributed by atoms with Crippen LogP contribution in [-0.2, 0) is 9.59 Å². The number of carbonyl (C=O) groups is 2. The molecule has 0 bridgehead atoms. The number of aryl methyl sites for hydroxylation is 1. The zero-order valence-electron chi connectivity index (χ0n) is 10.1. The maximum Gasteiger partial charge on any atom is 0.244 e. The van der Waals surface area contributed by atoms with Crippen molar-refractivity contribution in [3.8, 4) is 0 Å². The Kier molecular flexibility index (Phi) is 4.44. The van der Waals surface area contributed by atoms with E-state index in [1.807, 2.05) is 13.0 Å². The molecule has 4 nitrogen and oxygen atoms in total. The first kappa shape index (κ1) is 14.3. The molecule has 1 fully saturated rings. The molecule has 0 unspecified atom stereocenters. The summed E-state index contributed by atoms with van der Waals surface area (Å²) in [6.45, 7) is 1.81. The molecule has 2 rings (SSSR count). The largest absolute Gasteiger partial charge is 0.324 e. The lowest BCUT2D eigenvalue weighted by molar-refractivity contribution is -0.127. The smallest absolute Gasteiger partial charge is 0.244 e. The number of hydrogen-bond donors (Lipinski definition) is 1. The van der Waals surface area contributed by atoms with Crippen LogP contribution in [0.15, 0.2) is 18.2 Å². The molecule has 100 valence electrons. The molecule has 1 heterocycles. The summed E-state index contributed by atoms with van der Waals surface area (Å²) in [7, 11) is 0. The minimum absolute atomic E-state index is 0.0589. The molecule has 1 aliphatic rings. The maximum atomic E-state index is 11.9. The van der Waals surface area contributed by atoms with Crippen molar-refractivity contribution >= 4 is 57.4 Å². The molecule has 0 spiro atoms. The number of hydrogen-bond acceptors (Lipinski definition) is 4. The monoisotopic (exact) mass is 314 g/mol. The van der Waals surface area contributed by atoms with Gasteiger partial charge in [-0.15, -0.1) is 0 Å². The number of thiocarbonyl (C=S) groups is 1. The Morgan fingerprint density at radius 3 is 2.95 bits per heavy atom. The van der Waals surface area contributed by atoms with E-state index in [0.717, 1.165) is 5.56 Å². The van der Waals surface area contributed by atoms with Gasteiger partial charge in [-0.1, -0.05) is 41.6 Å². The fraction of sp³-hybridized carbons (Fsp3) is 0.250. The van der Waals surface area contributed by atoms with Gasteiger partial charge in [0.05, 0.1) is 5.75 Å². The van der Waals surface area contributed by atoms with Gasteiger partial charge in [-0.05, 0) is 24.6 Å². The number of benzene rings is 1. The molecule has 1 aromatic rings. The van der Waals surface area contributed by atoms with Crippen LogP contribution in [0.2, 0.25) is 5.02 Å². The Labute approximate surface area is 125 Å². The van der Waals surface area contributed by atoms with Crippen molar-refractivity contribution < 1.29 is 9.59 Å². The van der Waals surface area contributed by atoms with Crippen molar-refractivity contribution in [3.63, 3.8) is 0 Å². The van der Waals surface area contributed by atoms with E-state index >= 15 is 0 Å². The van der Waals surface area contributed by atoms with Gasteiger partial charge in [0.15, 0.2) is 0 Å². The second kappa shape index (κ2) is 5.90. The van der Waals surface area contributed by atoms with Crippen LogP contribution >= 0.6 is 35.6 Å². The highest BCUT2D eigenvalue weighted by Gasteiger charge is 2.28. The number of nitrogens with one attached hydrogen (secondary N) is 1. The summed E-state index contributed by atoms with van der Waals surface area (Å²) in [5.41, 5.74) is 1.55. The van der Waals surface area contributed by atoms with Crippen LogP contribution in [0.25, 0.3) is 0 Å². The van der Waals surface area contributed by atoms with Gasteiger partial charge in [0.25, 0.3) is 0 Å². The zero-order valence-corrected chi connectivity index (χ0v) is 12.5. The lowest BCUT2D eigenvalue weighted by Crippen LogP contribution is -2.36. The van der Waals surface area contributed by atoms with Crippen molar-refractivity contribution in [1.82, 2.24) is 4.90 Å². The third-order valence-corrected chi connectivity index (χ3v) is 4.28. The highest BCUT2D eigenvalue weighted by atomic mass is 35.5. The van der Waals surface area contributed by atoms with Crippen LogP contribution in [0.1, 0.15) is 5.56 Å². The molecule has 0 atom stereocenters. The average Bonchev–Trinajstić information content (AvgIpc) is 2.65. The molecule has 1 aromatic carbocycles. The van der Waals surface area contributed by atoms with E-state index in [4.69, 9.17) is 23.8 Å². The van der Waals surface area contributed by atoms with Crippen LogP contribution in [0.4, 0.5) is 5.69 Å². The van der Waals surface area contributed by atoms with Crippen molar-refractivity contribution in [2.24, 2.45) is 0 Å². The van der Waals surface area contributed by atoms with E-state index in [1.54, 1.807) is 12.1 Å². The standard InChI is InChI=1S/C12H11ClN2O2S2/c1-7-2-3-8(13)4-9(7)14-10(16)5-15-11(17)6-19-12(15)18/h2-4H,5-6H2,1H3,(H,14,16). The number of carbonyl (C=O) groups excluding carboxylic acids is 2. The van der Waals surface area contributed by atoms with E-state index in [1.165, 1.54) is 16.7 Å². The van der Waals surface area contributed by atoms with Crippen molar-refractivity contribution in [2.45, 2.75) is 6.92 Å². The third kappa shape index (κ3) is 3.46. The molecule has 1 saturated heterocycles. The molecule has 7 heteroatoms. The van der Waals surface area contributed by atoms with E-state index < -0.39 is 0 Å². The van der Waals surface area contributed by atoms with Gasteiger partial charge in [0.1, 0.15) is 10.9 Å². The molecule has 0 aromatic heterocycles. The van der Waals surface area contributed by atoms with E-state index in [9.17, 15) is 9.59 Å². The van der Waals surface area contributed by atoms with Crippen LogP contribution in [-0.4, -0.2) is 33.3 Å². The second-order valence-corrected chi connectivity index (χ2v) is 6.09. The Morgan fingerprint density at radius 2 is 2.32 bits per heavy atom. The Bertz CT molecular complexity index is 547. The fourth-order valence-corrected chi connectivity index (χ4v) is 2.84. The zero-order chi connectivity index (χ0) is 14.0. The van der Waals surface area contributed by atoms with E-state index in [0.29, 0.717) is 20.8 Å². The quantitative estimate of drug-likeness (QED) is 0.871. The molecule has 1 N–H and O–H groups in total. The van der Waals surface area contributed by atoms with Crippen LogP contribution in [0.5, 0.6) is 0 Å². The Hall–Kier alpha value is -1.11. The molecule has 19 heavy (non-hydrogen) atoms. The number of nitrogens with zero attached hydrogens (tertiary/aromatic N) is 1. The van der Waals surface area contributed by atoms with Crippen LogP contribution < -0.4 is 5.32 Å². The van der Waals surface area contributed by atoms with Gasteiger partial charge in [-0.25, -0.2) is 0 Å². The van der Waals surface area contributed by atoms with Gasteiger partial charge in [0.2, 0.25) is 11.8 Å². The summed E-state index contributed by atoms with van der Waals surface area (Å²) in [5.74, 6) is -0.112. The lowest BCUT2D eigenvalue weighted by Gasteiger charge is -2.15. The van der Waals surface area contributed by atoms with Crippen LogP contribution in [0.3, 0.4) is 0 Å². The summed E-state index contributed by atoms with van der Waals surface area (Å²) in [6, 6.07) is 5.25. The predicted molar refractivity (Wildman–Crippen MR) is 81.6 cm³/mol. The Morgan fingerprint density at radius 1 is 1.58 bits per heavy atom. The van der Waals surface area contributed by atoms with E-state index in [-0.39, 0.29) is 18.4 Å². The third-order valence-electron chi connectivity index (χ3n) is 2.62. The van der Waals surface area contributed by atoms with Gasteiger partial charge in [0, 0.05) is 10.7 Å². The SMILES string of the molecule is Cc1ccc(Cl)cc1NC(=O)CN1C(=O)CSC1=S. The first-order valence-electron chi connectivity index (χ1n) is 5.50. The number of rotatable bonds is 3. The van der Waals surface area contributed by atoms with Gasteiger partial charge in [-0.2, -0.15) is 0 Å². The minimum Gasteiger partial charge on any atom is -0.324 e. The molecule has 0 radical (unpaired) electrons. The van der Waals surface area contributed by atoms with Crippen LogP contribution in [0, 0.1) is 6.92 Å². The van der Waals surface area contributed by atoms with Gasteiger partial charge in [-0.3, -0.25) is 14.5 Å². The highest BCUT2D eigenvalue weighted by Crippen LogP contribution is 2.21. The first-order valence-corrected chi connectivity index (χ1v) is 7.27.